The van der Waals surface area contributed by atoms with Gasteiger partial charge in [-0.1, -0.05) is 23.2 Å². The highest BCUT2D eigenvalue weighted by atomic mass is 35.5. The normalized spacial score (nSPS) is 11.3. The van der Waals surface area contributed by atoms with Crippen molar-refractivity contribution in [3.8, 4) is 0 Å². The van der Waals surface area contributed by atoms with Gasteiger partial charge in [-0.15, -0.1) is 0 Å². The van der Waals surface area contributed by atoms with Gasteiger partial charge >= 0.3 is 0 Å². The zero-order chi connectivity index (χ0) is 16.2. The van der Waals surface area contributed by atoms with Crippen LogP contribution in [0.25, 0.3) is 0 Å². The van der Waals surface area contributed by atoms with Gasteiger partial charge in [-0.3, -0.25) is 14.9 Å². The highest BCUT2D eigenvalue weighted by Gasteiger charge is 2.22. The molecular formula is C13H16Cl2N2O4. The van der Waals surface area contributed by atoms with Crippen LogP contribution in [0.3, 0.4) is 0 Å². The monoisotopic (exact) mass is 334 g/mol. The molecule has 0 heterocycles. The minimum Gasteiger partial charge on any atom is -0.374 e. The zero-order valence-corrected chi connectivity index (χ0v) is 13.4. The number of hydrogen-bond donors (Lipinski definition) is 1. The first-order valence-electron chi connectivity index (χ1n) is 6.23. The predicted molar refractivity (Wildman–Crippen MR) is 81.2 cm³/mol. The molecule has 0 saturated carbocycles. The Balaban J connectivity index is 2.95. The Morgan fingerprint density at radius 3 is 2.57 bits per heavy atom. The maximum Gasteiger partial charge on any atom is 0.271 e. The van der Waals surface area contributed by atoms with E-state index in [0.29, 0.717) is 6.61 Å². The quantitative estimate of drug-likeness (QED) is 0.638. The van der Waals surface area contributed by atoms with E-state index >= 15 is 0 Å². The number of amides is 1. The van der Waals surface area contributed by atoms with Crippen LogP contribution in [0.5, 0.6) is 0 Å². The van der Waals surface area contributed by atoms with Crippen molar-refractivity contribution >= 4 is 34.8 Å². The summed E-state index contributed by atoms with van der Waals surface area (Å²) in [6, 6.07) is 2.20. The summed E-state index contributed by atoms with van der Waals surface area (Å²) in [6.45, 7) is 6.22. The number of carbonyl (C=O) groups excluding carboxylic acids is 1. The van der Waals surface area contributed by atoms with Crippen molar-refractivity contribution in [3.05, 3.63) is 37.9 Å². The average molecular weight is 335 g/mol. The standard InChI is InChI=1S/C13H16Cl2N2O4/c1-4-21-13(2,3)7-16-12(18)9-5-8(17(19)20)6-10(14)11(9)15/h5-6H,4,7H2,1-3H3,(H,16,18). The van der Waals surface area contributed by atoms with Gasteiger partial charge in [0.2, 0.25) is 0 Å². The summed E-state index contributed by atoms with van der Waals surface area (Å²) in [5, 5.41) is 13.4. The molecule has 0 unspecified atom stereocenters. The molecule has 0 saturated heterocycles. The topological polar surface area (TPSA) is 81.5 Å². The Labute approximate surface area is 132 Å². The minimum absolute atomic E-state index is 0.0195. The number of nitrogens with zero attached hydrogens (tertiary/aromatic N) is 1. The van der Waals surface area contributed by atoms with Crippen LogP contribution in [0.4, 0.5) is 5.69 Å². The average Bonchev–Trinajstić information content (AvgIpc) is 2.38. The molecule has 0 aliphatic rings. The van der Waals surface area contributed by atoms with E-state index in [1.165, 1.54) is 0 Å². The van der Waals surface area contributed by atoms with Crippen molar-refractivity contribution in [2.75, 3.05) is 13.2 Å². The molecule has 6 nitrogen and oxygen atoms in total. The smallest absolute Gasteiger partial charge is 0.271 e. The fraction of sp³-hybridized carbons (Fsp3) is 0.462. The maximum atomic E-state index is 12.1. The van der Waals surface area contributed by atoms with Gasteiger partial charge in [0.1, 0.15) is 0 Å². The van der Waals surface area contributed by atoms with Gasteiger partial charge in [0.05, 0.1) is 26.1 Å². The van der Waals surface area contributed by atoms with Crippen molar-refractivity contribution < 1.29 is 14.5 Å². The van der Waals surface area contributed by atoms with Crippen molar-refractivity contribution in [2.24, 2.45) is 0 Å². The van der Waals surface area contributed by atoms with E-state index in [4.69, 9.17) is 27.9 Å². The van der Waals surface area contributed by atoms with Gasteiger partial charge < -0.3 is 10.1 Å². The number of carbonyl (C=O) groups is 1. The number of benzene rings is 1. The number of nitrogens with one attached hydrogen (secondary N) is 1. The molecule has 1 rings (SSSR count). The SMILES string of the molecule is CCOC(C)(C)CNC(=O)c1cc([N+](=O)[O-])cc(Cl)c1Cl. The molecule has 1 N–H and O–H groups in total. The van der Waals surface area contributed by atoms with Gasteiger partial charge in [-0.2, -0.15) is 0 Å². The van der Waals surface area contributed by atoms with E-state index in [0.717, 1.165) is 12.1 Å². The molecular weight excluding hydrogens is 319 g/mol. The second kappa shape index (κ2) is 7.06. The third-order valence-electron chi connectivity index (χ3n) is 2.68. The van der Waals surface area contributed by atoms with Gasteiger partial charge in [-0.25, -0.2) is 0 Å². The first kappa shape index (κ1) is 17.7. The van der Waals surface area contributed by atoms with E-state index in [-0.39, 0.29) is 27.8 Å². The van der Waals surface area contributed by atoms with Crippen LogP contribution in [-0.2, 0) is 4.74 Å². The van der Waals surface area contributed by atoms with Gasteiger partial charge in [0.25, 0.3) is 11.6 Å². The lowest BCUT2D eigenvalue weighted by Gasteiger charge is -2.25. The van der Waals surface area contributed by atoms with Gasteiger partial charge in [-0.05, 0) is 20.8 Å². The Morgan fingerprint density at radius 2 is 2.05 bits per heavy atom. The summed E-state index contributed by atoms with van der Waals surface area (Å²) in [4.78, 5) is 22.3. The van der Waals surface area contributed by atoms with E-state index < -0.39 is 16.4 Å². The van der Waals surface area contributed by atoms with Crippen LogP contribution >= 0.6 is 23.2 Å². The number of nitro benzene ring substituents is 1. The summed E-state index contributed by atoms with van der Waals surface area (Å²) in [5.41, 5.74) is -0.886. The lowest BCUT2D eigenvalue weighted by molar-refractivity contribution is -0.384. The number of non-ortho nitro benzene ring substituents is 1. The number of rotatable bonds is 6. The molecule has 0 aliphatic carbocycles. The number of halogens is 2. The Bertz CT molecular complexity index is 561. The first-order chi connectivity index (χ1) is 9.68. The van der Waals surface area contributed by atoms with E-state index in [1.807, 2.05) is 20.8 Å². The third kappa shape index (κ3) is 4.84. The molecule has 1 aromatic rings. The molecule has 21 heavy (non-hydrogen) atoms. The largest absolute Gasteiger partial charge is 0.374 e. The third-order valence-corrected chi connectivity index (χ3v) is 3.48. The van der Waals surface area contributed by atoms with Crippen LogP contribution in [0.15, 0.2) is 12.1 Å². The Kier molecular flexibility index (Phi) is 5.95. The lowest BCUT2D eigenvalue weighted by atomic mass is 10.1. The molecule has 0 atom stereocenters. The molecule has 0 fully saturated rings. The number of ether oxygens (including phenoxy) is 1. The Hall–Kier alpha value is -1.37. The van der Waals surface area contributed by atoms with E-state index in [9.17, 15) is 14.9 Å². The molecule has 116 valence electrons. The van der Waals surface area contributed by atoms with E-state index in [1.54, 1.807) is 0 Å². The van der Waals surface area contributed by atoms with Crippen molar-refractivity contribution in [3.63, 3.8) is 0 Å². The van der Waals surface area contributed by atoms with Crippen molar-refractivity contribution in [2.45, 2.75) is 26.4 Å². The molecule has 0 aromatic heterocycles. The summed E-state index contributed by atoms with van der Waals surface area (Å²) in [5.74, 6) is -0.543. The lowest BCUT2D eigenvalue weighted by Crippen LogP contribution is -2.40. The van der Waals surface area contributed by atoms with Gasteiger partial charge in [0.15, 0.2) is 0 Å². The van der Waals surface area contributed by atoms with Crippen LogP contribution in [0.1, 0.15) is 31.1 Å². The second-order valence-corrected chi connectivity index (χ2v) is 5.71. The fourth-order valence-corrected chi connectivity index (χ4v) is 2.08. The van der Waals surface area contributed by atoms with E-state index in [2.05, 4.69) is 5.32 Å². The first-order valence-corrected chi connectivity index (χ1v) is 6.99. The van der Waals surface area contributed by atoms with Crippen LogP contribution in [0.2, 0.25) is 10.0 Å². The molecule has 0 spiro atoms. The zero-order valence-electron chi connectivity index (χ0n) is 11.9. The molecule has 1 amide bonds. The predicted octanol–water partition coefficient (Wildman–Crippen LogP) is 3.45. The summed E-state index contributed by atoms with van der Waals surface area (Å²) in [7, 11) is 0. The highest BCUT2D eigenvalue weighted by Crippen LogP contribution is 2.30. The van der Waals surface area contributed by atoms with Crippen LogP contribution in [0, 0.1) is 10.1 Å². The number of nitro groups is 1. The second-order valence-electron chi connectivity index (χ2n) is 4.92. The highest BCUT2D eigenvalue weighted by molar-refractivity contribution is 6.44. The minimum atomic E-state index is -0.636. The number of hydrogen-bond acceptors (Lipinski definition) is 4. The van der Waals surface area contributed by atoms with Crippen LogP contribution < -0.4 is 5.32 Å². The Morgan fingerprint density at radius 1 is 1.43 bits per heavy atom. The molecule has 8 heteroatoms. The van der Waals surface area contributed by atoms with Gasteiger partial charge in [0, 0.05) is 25.3 Å². The molecule has 0 radical (unpaired) electrons. The summed E-state index contributed by atoms with van der Waals surface area (Å²) in [6.07, 6.45) is 0. The van der Waals surface area contributed by atoms with Crippen LogP contribution in [-0.4, -0.2) is 29.6 Å². The molecule has 0 bridgehead atoms. The maximum absolute atomic E-state index is 12.1. The molecule has 0 aliphatic heterocycles. The molecule has 1 aromatic carbocycles. The summed E-state index contributed by atoms with van der Waals surface area (Å²) >= 11 is 11.7. The fourth-order valence-electron chi connectivity index (χ4n) is 1.68. The summed E-state index contributed by atoms with van der Waals surface area (Å²) < 4.78 is 5.45. The van der Waals surface area contributed by atoms with Crippen molar-refractivity contribution in [1.82, 2.24) is 5.32 Å². The van der Waals surface area contributed by atoms with Crippen molar-refractivity contribution in [1.29, 1.82) is 0 Å².